The highest BCUT2D eigenvalue weighted by molar-refractivity contribution is 9.10. The summed E-state index contributed by atoms with van der Waals surface area (Å²) in [4.78, 5) is 0. The molecule has 2 aromatic rings. The fraction of sp³-hybridized carbons (Fsp3) is 0.143. The van der Waals surface area contributed by atoms with Crippen LogP contribution in [0.4, 0.5) is 5.69 Å². The average Bonchev–Trinajstić information content (AvgIpc) is 2.31. The molecule has 0 heterocycles. The minimum absolute atomic E-state index is 0.299. The largest absolute Gasteiger partial charge is 0.508 e. The molecule has 0 aromatic heterocycles. The van der Waals surface area contributed by atoms with Crippen LogP contribution >= 0.6 is 15.9 Å². The van der Waals surface area contributed by atoms with Crippen LogP contribution in [0.25, 0.3) is 0 Å². The Hall–Kier alpha value is -1.48. The van der Waals surface area contributed by atoms with Gasteiger partial charge in [0.2, 0.25) is 0 Å². The molecule has 0 radical (unpaired) electrons. The molecule has 0 saturated heterocycles. The fourth-order valence-corrected chi connectivity index (χ4v) is 2.05. The summed E-state index contributed by atoms with van der Waals surface area (Å²) in [7, 11) is 0. The van der Waals surface area contributed by atoms with E-state index in [1.807, 2.05) is 24.3 Å². The van der Waals surface area contributed by atoms with Crippen molar-refractivity contribution in [2.24, 2.45) is 0 Å². The summed E-state index contributed by atoms with van der Waals surface area (Å²) >= 11 is 3.56. The van der Waals surface area contributed by atoms with E-state index in [9.17, 15) is 5.11 Å². The Kier molecular flexibility index (Phi) is 3.69. The molecule has 17 heavy (non-hydrogen) atoms. The predicted molar refractivity (Wildman–Crippen MR) is 74.3 cm³/mol. The molecule has 0 amide bonds. The second-order valence-corrected chi connectivity index (χ2v) is 4.75. The van der Waals surface area contributed by atoms with Crippen LogP contribution in [0.15, 0.2) is 46.9 Å². The molecule has 0 aliphatic heterocycles. The third-order valence-corrected chi connectivity index (χ3v) is 3.64. The first kappa shape index (κ1) is 12.0. The van der Waals surface area contributed by atoms with Crippen molar-refractivity contribution in [2.45, 2.75) is 13.5 Å². The lowest BCUT2D eigenvalue weighted by molar-refractivity contribution is 0.474. The minimum Gasteiger partial charge on any atom is -0.508 e. The van der Waals surface area contributed by atoms with E-state index in [1.165, 1.54) is 5.56 Å². The SMILES string of the molecule is Cc1cccc(NCc2cccc(O)c2)c1Br. The Morgan fingerprint density at radius 1 is 1.18 bits per heavy atom. The van der Waals surface area contributed by atoms with Gasteiger partial charge in [-0.2, -0.15) is 0 Å². The molecule has 0 aliphatic rings. The number of halogens is 1. The van der Waals surface area contributed by atoms with E-state index < -0.39 is 0 Å². The third kappa shape index (κ3) is 3.01. The molecule has 2 rings (SSSR count). The summed E-state index contributed by atoms with van der Waals surface area (Å²) in [5.74, 6) is 0.299. The Balaban J connectivity index is 2.10. The monoisotopic (exact) mass is 291 g/mol. The summed E-state index contributed by atoms with van der Waals surface area (Å²) in [6.07, 6.45) is 0. The van der Waals surface area contributed by atoms with Gasteiger partial charge in [0, 0.05) is 16.7 Å². The third-order valence-electron chi connectivity index (χ3n) is 2.59. The van der Waals surface area contributed by atoms with E-state index in [1.54, 1.807) is 12.1 Å². The van der Waals surface area contributed by atoms with E-state index in [2.05, 4.69) is 34.2 Å². The molecule has 2 N–H and O–H groups in total. The van der Waals surface area contributed by atoms with E-state index in [0.717, 1.165) is 15.7 Å². The number of hydrogen-bond donors (Lipinski definition) is 2. The summed E-state index contributed by atoms with van der Waals surface area (Å²) in [6, 6.07) is 13.4. The number of aromatic hydroxyl groups is 1. The van der Waals surface area contributed by atoms with Gasteiger partial charge in [-0.1, -0.05) is 24.3 Å². The van der Waals surface area contributed by atoms with Crippen LogP contribution in [0, 0.1) is 6.92 Å². The Morgan fingerprint density at radius 2 is 1.94 bits per heavy atom. The molecular weight excluding hydrogens is 278 g/mol. The standard InChI is InChI=1S/C14H14BrNO/c1-10-4-2-7-13(14(10)15)16-9-11-5-3-6-12(17)8-11/h2-8,16-17H,9H2,1H3. The lowest BCUT2D eigenvalue weighted by atomic mass is 10.2. The first-order valence-corrected chi connectivity index (χ1v) is 6.23. The van der Waals surface area contributed by atoms with E-state index in [0.29, 0.717) is 12.3 Å². The highest BCUT2D eigenvalue weighted by Gasteiger charge is 2.01. The number of aryl methyl sites for hydroxylation is 1. The molecule has 0 fully saturated rings. The van der Waals surface area contributed by atoms with Gasteiger partial charge in [-0.3, -0.25) is 0 Å². The number of hydrogen-bond acceptors (Lipinski definition) is 2. The first-order valence-electron chi connectivity index (χ1n) is 5.44. The molecule has 88 valence electrons. The highest BCUT2D eigenvalue weighted by atomic mass is 79.9. The number of anilines is 1. The number of phenols is 1. The maximum atomic E-state index is 9.37. The maximum Gasteiger partial charge on any atom is 0.115 e. The van der Waals surface area contributed by atoms with Gasteiger partial charge in [0.05, 0.1) is 0 Å². The molecule has 2 aromatic carbocycles. The van der Waals surface area contributed by atoms with Crippen molar-refractivity contribution < 1.29 is 5.11 Å². The molecule has 0 bridgehead atoms. The first-order chi connectivity index (χ1) is 8.16. The zero-order valence-corrected chi connectivity index (χ0v) is 11.2. The van der Waals surface area contributed by atoms with E-state index in [4.69, 9.17) is 0 Å². The maximum absolute atomic E-state index is 9.37. The van der Waals surface area contributed by atoms with Gasteiger partial charge in [0.1, 0.15) is 5.75 Å². The van der Waals surface area contributed by atoms with E-state index in [-0.39, 0.29) is 0 Å². The van der Waals surface area contributed by atoms with Crippen molar-refractivity contribution in [3.63, 3.8) is 0 Å². The lowest BCUT2D eigenvalue weighted by Crippen LogP contribution is -2.00. The molecule has 0 atom stereocenters. The van der Waals surface area contributed by atoms with Crippen molar-refractivity contribution in [1.82, 2.24) is 0 Å². The van der Waals surface area contributed by atoms with Gasteiger partial charge in [-0.25, -0.2) is 0 Å². The summed E-state index contributed by atoms with van der Waals surface area (Å²) < 4.78 is 1.08. The number of benzene rings is 2. The highest BCUT2D eigenvalue weighted by Crippen LogP contribution is 2.26. The van der Waals surface area contributed by atoms with Crippen molar-refractivity contribution in [1.29, 1.82) is 0 Å². The quantitative estimate of drug-likeness (QED) is 0.893. The Morgan fingerprint density at radius 3 is 2.71 bits per heavy atom. The van der Waals surface area contributed by atoms with Gasteiger partial charge in [0.25, 0.3) is 0 Å². The smallest absolute Gasteiger partial charge is 0.115 e. The molecule has 0 unspecified atom stereocenters. The minimum atomic E-state index is 0.299. The van der Waals surface area contributed by atoms with Crippen molar-refractivity contribution in [2.75, 3.05) is 5.32 Å². The Labute approximate surface area is 109 Å². The zero-order valence-electron chi connectivity index (χ0n) is 9.57. The lowest BCUT2D eigenvalue weighted by Gasteiger charge is -2.10. The average molecular weight is 292 g/mol. The van der Waals surface area contributed by atoms with Crippen molar-refractivity contribution >= 4 is 21.6 Å². The topological polar surface area (TPSA) is 32.3 Å². The van der Waals surface area contributed by atoms with Gasteiger partial charge < -0.3 is 10.4 Å². The Bertz CT molecular complexity index is 525. The number of phenolic OH excluding ortho intramolecular Hbond substituents is 1. The zero-order chi connectivity index (χ0) is 12.3. The second kappa shape index (κ2) is 5.23. The van der Waals surface area contributed by atoms with Gasteiger partial charge in [-0.15, -0.1) is 0 Å². The predicted octanol–water partition coefficient (Wildman–Crippen LogP) is 4.08. The molecule has 0 spiro atoms. The van der Waals surface area contributed by atoms with Crippen LogP contribution in [0.5, 0.6) is 5.75 Å². The normalized spacial score (nSPS) is 10.2. The van der Waals surface area contributed by atoms with Crippen LogP contribution < -0.4 is 5.32 Å². The second-order valence-electron chi connectivity index (χ2n) is 3.96. The van der Waals surface area contributed by atoms with E-state index >= 15 is 0 Å². The fourth-order valence-electron chi connectivity index (χ4n) is 1.65. The van der Waals surface area contributed by atoms with Gasteiger partial charge >= 0.3 is 0 Å². The number of rotatable bonds is 3. The van der Waals surface area contributed by atoms with Gasteiger partial charge in [-0.05, 0) is 52.2 Å². The van der Waals surface area contributed by atoms with Crippen molar-refractivity contribution in [3.8, 4) is 5.75 Å². The van der Waals surface area contributed by atoms with Crippen LogP contribution in [0.3, 0.4) is 0 Å². The van der Waals surface area contributed by atoms with Crippen molar-refractivity contribution in [3.05, 3.63) is 58.1 Å². The van der Waals surface area contributed by atoms with Crippen LogP contribution in [0.2, 0.25) is 0 Å². The van der Waals surface area contributed by atoms with Gasteiger partial charge in [0.15, 0.2) is 0 Å². The summed E-state index contributed by atoms with van der Waals surface area (Å²) in [5.41, 5.74) is 3.32. The molecular formula is C14H14BrNO. The molecule has 3 heteroatoms. The molecule has 0 aliphatic carbocycles. The summed E-state index contributed by atoms with van der Waals surface area (Å²) in [6.45, 7) is 2.75. The van der Waals surface area contributed by atoms with Crippen LogP contribution in [-0.2, 0) is 6.54 Å². The molecule has 0 saturated carbocycles. The molecule has 2 nitrogen and oxygen atoms in total. The summed E-state index contributed by atoms with van der Waals surface area (Å²) in [5, 5.41) is 12.7. The van der Waals surface area contributed by atoms with Crippen LogP contribution in [0.1, 0.15) is 11.1 Å². The number of nitrogens with one attached hydrogen (secondary N) is 1. The van der Waals surface area contributed by atoms with Crippen LogP contribution in [-0.4, -0.2) is 5.11 Å².